The van der Waals surface area contributed by atoms with Crippen molar-refractivity contribution in [2.45, 2.75) is 13.5 Å². The van der Waals surface area contributed by atoms with Gasteiger partial charge in [-0.05, 0) is 36.8 Å². The highest BCUT2D eigenvalue weighted by molar-refractivity contribution is 5.62. The van der Waals surface area contributed by atoms with Crippen LogP contribution in [-0.2, 0) is 6.54 Å². The summed E-state index contributed by atoms with van der Waals surface area (Å²) >= 11 is 0. The van der Waals surface area contributed by atoms with E-state index in [-0.39, 0.29) is 0 Å². The minimum Gasteiger partial charge on any atom is -0.493 e. The third kappa shape index (κ3) is 3.40. The molecule has 0 heterocycles. The standard InChI is InChI=1S/C17H22N2O2/c1-12-5-7-14(8-6-12)19(2)11-13-9-15(18)17(21-4)16(10-13)20-3/h5-10H,11,18H2,1-4H3. The van der Waals surface area contributed by atoms with E-state index in [2.05, 4.69) is 43.1 Å². The lowest BCUT2D eigenvalue weighted by molar-refractivity contribution is 0.356. The minimum absolute atomic E-state index is 0.583. The fraction of sp³-hybridized carbons (Fsp3) is 0.294. The predicted octanol–water partition coefficient (Wildman–Crippen LogP) is 3.23. The lowest BCUT2D eigenvalue weighted by atomic mass is 10.1. The molecule has 0 atom stereocenters. The lowest BCUT2D eigenvalue weighted by Gasteiger charge is -2.21. The zero-order chi connectivity index (χ0) is 15.4. The Labute approximate surface area is 126 Å². The van der Waals surface area contributed by atoms with Crippen LogP contribution in [0.5, 0.6) is 11.5 Å². The molecule has 0 aliphatic rings. The Morgan fingerprint density at radius 2 is 1.71 bits per heavy atom. The highest BCUT2D eigenvalue weighted by Crippen LogP contribution is 2.35. The molecule has 112 valence electrons. The molecule has 0 saturated heterocycles. The summed E-state index contributed by atoms with van der Waals surface area (Å²) in [6, 6.07) is 12.3. The number of nitrogens with two attached hydrogens (primary N) is 1. The molecule has 21 heavy (non-hydrogen) atoms. The summed E-state index contributed by atoms with van der Waals surface area (Å²) in [6.07, 6.45) is 0. The molecule has 0 fully saturated rings. The van der Waals surface area contributed by atoms with E-state index >= 15 is 0 Å². The van der Waals surface area contributed by atoms with Gasteiger partial charge in [-0.15, -0.1) is 0 Å². The monoisotopic (exact) mass is 286 g/mol. The van der Waals surface area contributed by atoms with Gasteiger partial charge in [0.25, 0.3) is 0 Å². The Hall–Kier alpha value is -2.36. The molecular formula is C17H22N2O2. The van der Waals surface area contributed by atoms with Gasteiger partial charge in [-0.25, -0.2) is 0 Å². The Bertz CT molecular complexity index is 609. The molecule has 0 aromatic heterocycles. The van der Waals surface area contributed by atoms with Crippen molar-refractivity contribution in [3.05, 3.63) is 47.5 Å². The van der Waals surface area contributed by atoms with Crippen LogP contribution in [0.2, 0.25) is 0 Å². The van der Waals surface area contributed by atoms with Crippen molar-refractivity contribution < 1.29 is 9.47 Å². The fourth-order valence-corrected chi connectivity index (χ4v) is 2.31. The number of aryl methyl sites for hydroxylation is 1. The zero-order valence-electron chi connectivity index (χ0n) is 13.0. The Balaban J connectivity index is 2.23. The first-order valence-electron chi connectivity index (χ1n) is 6.83. The molecule has 0 spiro atoms. The quantitative estimate of drug-likeness (QED) is 0.857. The van der Waals surface area contributed by atoms with Crippen molar-refractivity contribution in [1.29, 1.82) is 0 Å². The summed E-state index contributed by atoms with van der Waals surface area (Å²) in [7, 11) is 5.26. The van der Waals surface area contributed by atoms with Crippen molar-refractivity contribution >= 4 is 11.4 Å². The Morgan fingerprint density at radius 1 is 1.05 bits per heavy atom. The van der Waals surface area contributed by atoms with Crippen molar-refractivity contribution in [2.75, 3.05) is 31.9 Å². The number of methoxy groups -OCH3 is 2. The van der Waals surface area contributed by atoms with Crippen LogP contribution in [-0.4, -0.2) is 21.3 Å². The molecule has 2 aromatic rings. The maximum absolute atomic E-state index is 6.02. The van der Waals surface area contributed by atoms with Gasteiger partial charge in [-0.1, -0.05) is 17.7 Å². The van der Waals surface area contributed by atoms with Crippen molar-refractivity contribution in [3.63, 3.8) is 0 Å². The molecule has 4 nitrogen and oxygen atoms in total. The van der Waals surface area contributed by atoms with Gasteiger partial charge in [0.2, 0.25) is 0 Å². The summed E-state index contributed by atoms with van der Waals surface area (Å²) in [5, 5.41) is 0. The second kappa shape index (κ2) is 6.39. The molecule has 2 N–H and O–H groups in total. The Kier molecular flexibility index (Phi) is 4.58. The third-order valence-electron chi connectivity index (χ3n) is 3.46. The molecule has 2 aromatic carbocycles. The van der Waals surface area contributed by atoms with E-state index in [0.717, 1.165) is 17.8 Å². The Morgan fingerprint density at radius 3 is 2.29 bits per heavy atom. The highest BCUT2D eigenvalue weighted by Gasteiger charge is 2.11. The van der Waals surface area contributed by atoms with Crippen LogP contribution in [0.1, 0.15) is 11.1 Å². The molecule has 0 aliphatic heterocycles. The van der Waals surface area contributed by atoms with Gasteiger partial charge in [0, 0.05) is 19.3 Å². The molecule has 0 radical (unpaired) electrons. The van der Waals surface area contributed by atoms with E-state index in [1.807, 2.05) is 12.1 Å². The van der Waals surface area contributed by atoms with E-state index in [4.69, 9.17) is 15.2 Å². The average Bonchev–Trinajstić information content (AvgIpc) is 2.47. The molecule has 2 rings (SSSR count). The smallest absolute Gasteiger partial charge is 0.183 e. The molecule has 0 bridgehead atoms. The number of hydrogen-bond acceptors (Lipinski definition) is 4. The van der Waals surface area contributed by atoms with Gasteiger partial charge >= 0.3 is 0 Å². The van der Waals surface area contributed by atoms with Crippen molar-refractivity contribution in [1.82, 2.24) is 0 Å². The van der Waals surface area contributed by atoms with Crippen molar-refractivity contribution in [3.8, 4) is 11.5 Å². The number of nitrogens with zero attached hydrogens (tertiary/aromatic N) is 1. The van der Waals surface area contributed by atoms with E-state index in [0.29, 0.717) is 17.2 Å². The van der Waals surface area contributed by atoms with Gasteiger partial charge < -0.3 is 20.1 Å². The van der Waals surface area contributed by atoms with E-state index in [1.54, 1.807) is 14.2 Å². The van der Waals surface area contributed by atoms with Crippen LogP contribution in [0.25, 0.3) is 0 Å². The van der Waals surface area contributed by atoms with Crippen molar-refractivity contribution in [2.24, 2.45) is 0 Å². The summed E-state index contributed by atoms with van der Waals surface area (Å²) < 4.78 is 10.6. The number of hydrogen-bond donors (Lipinski definition) is 1. The van der Waals surface area contributed by atoms with E-state index < -0.39 is 0 Å². The van der Waals surface area contributed by atoms with Crippen LogP contribution in [0.4, 0.5) is 11.4 Å². The van der Waals surface area contributed by atoms with Gasteiger partial charge in [0.15, 0.2) is 11.5 Å². The molecule has 4 heteroatoms. The van der Waals surface area contributed by atoms with Crippen LogP contribution in [0.3, 0.4) is 0 Å². The number of rotatable bonds is 5. The van der Waals surface area contributed by atoms with E-state index in [1.165, 1.54) is 5.56 Å². The molecule has 0 saturated carbocycles. The second-order valence-electron chi connectivity index (χ2n) is 5.11. The summed E-state index contributed by atoms with van der Waals surface area (Å²) in [4.78, 5) is 2.17. The SMILES string of the molecule is COc1cc(CN(C)c2ccc(C)cc2)cc(N)c1OC. The molecule has 0 unspecified atom stereocenters. The predicted molar refractivity (Wildman–Crippen MR) is 87.2 cm³/mol. The number of benzene rings is 2. The first kappa shape index (κ1) is 15.0. The second-order valence-corrected chi connectivity index (χ2v) is 5.11. The minimum atomic E-state index is 0.583. The van der Waals surface area contributed by atoms with Gasteiger partial charge in [-0.3, -0.25) is 0 Å². The average molecular weight is 286 g/mol. The summed E-state index contributed by atoms with van der Waals surface area (Å²) in [5.74, 6) is 1.24. The van der Waals surface area contributed by atoms with Crippen LogP contribution < -0.4 is 20.1 Å². The molecule has 0 aliphatic carbocycles. The number of anilines is 2. The lowest BCUT2D eigenvalue weighted by Crippen LogP contribution is -2.16. The maximum Gasteiger partial charge on any atom is 0.183 e. The largest absolute Gasteiger partial charge is 0.493 e. The van der Waals surface area contributed by atoms with Gasteiger partial charge in [0.1, 0.15) is 0 Å². The zero-order valence-corrected chi connectivity index (χ0v) is 13.0. The topological polar surface area (TPSA) is 47.7 Å². The van der Waals surface area contributed by atoms with Gasteiger partial charge in [0.05, 0.1) is 19.9 Å². The summed E-state index contributed by atoms with van der Waals surface area (Å²) in [5.41, 5.74) is 10.1. The van der Waals surface area contributed by atoms with E-state index in [9.17, 15) is 0 Å². The van der Waals surface area contributed by atoms with Gasteiger partial charge in [-0.2, -0.15) is 0 Å². The third-order valence-corrected chi connectivity index (χ3v) is 3.46. The number of nitrogen functional groups attached to an aromatic ring is 1. The maximum atomic E-state index is 6.02. The van der Waals surface area contributed by atoms with Crippen LogP contribution in [0.15, 0.2) is 36.4 Å². The summed E-state index contributed by atoms with van der Waals surface area (Å²) in [6.45, 7) is 2.83. The first-order chi connectivity index (χ1) is 10.0. The molecular weight excluding hydrogens is 264 g/mol. The fourth-order valence-electron chi connectivity index (χ4n) is 2.31. The normalized spacial score (nSPS) is 10.3. The number of ether oxygens (including phenoxy) is 2. The van der Waals surface area contributed by atoms with Crippen LogP contribution >= 0.6 is 0 Å². The molecule has 0 amide bonds. The van der Waals surface area contributed by atoms with Crippen LogP contribution in [0, 0.1) is 6.92 Å². The first-order valence-corrected chi connectivity index (χ1v) is 6.83. The highest BCUT2D eigenvalue weighted by atomic mass is 16.5.